The van der Waals surface area contributed by atoms with E-state index in [9.17, 15) is 18.0 Å². The summed E-state index contributed by atoms with van der Waals surface area (Å²) in [7, 11) is 0. The number of hydrogen-bond acceptors (Lipinski definition) is 6. The van der Waals surface area contributed by atoms with Crippen molar-refractivity contribution in [2.45, 2.75) is 12.7 Å². The number of halogens is 4. The third kappa shape index (κ3) is 4.31. The fourth-order valence-corrected chi connectivity index (χ4v) is 3.11. The highest BCUT2D eigenvalue weighted by molar-refractivity contribution is 6.33. The van der Waals surface area contributed by atoms with Gasteiger partial charge in [-0.3, -0.25) is 4.79 Å². The van der Waals surface area contributed by atoms with Gasteiger partial charge in [-0.2, -0.15) is 23.5 Å². The van der Waals surface area contributed by atoms with Crippen molar-refractivity contribution in [2.24, 2.45) is 0 Å². The summed E-state index contributed by atoms with van der Waals surface area (Å²) < 4.78 is 37.8. The van der Waals surface area contributed by atoms with E-state index in [0.29, 0.717) is 42.2 Å². The summed E-state index contributed by atoms with van der Waals surface area (Å²) >= 11 is 6.01. The maximum absolute atomic E-state index is 12.5. The predicted molar refractivity (Wildman–Crippen MR) is 92.9 cm³/mol. The van der Waals surface area contributed by atoms with Crippen LogP contribution in [-0.4, -0.2) is 47.1 Å². The summed E-state index contributed by atoms with van der Waals surface area (Å²) in [6, 6.07) is 5.46. The highest BCUT2D eigenvalue weighted by Crippen LogP contribution is 2.25. The van der Waals surface area contributed by atoms with E-state index in [1.807, 2.05) is 11.0 Å². The fourth-order valence-electron chi connectivity index (χ4n) is 2.84. The van der Waals surface area contributed by atoms with E-state index in [2.05, 4.69) is 10.1 Å². The summed E-state index contributed by atoms with van der Waals surface area (Å²) in [6.07, 6.45) is -1.81. The Balaban J connectivity index is 1.73. The van der Waals surface area contributed by atoms with E-state index < -0.39 is 18.3 Å². The molecule has 2 aromatic rings. The van der Waals surface area contributed by atoms with Gasteiger partial charge in [0.25, 0.3) is 5.56 Å². The number of piperazine rings is 1. The lowest BCUT2D eigenvalue weighted by molar-refractivity contribution is -0.143. The van der Waals surface area contributed by atoms with Crippen molar-refractivity contribution in [3.63, 3.8) is 0 Å². The minimum absolute atomic E-state index is 0.279. The second-order valence-corrected chi connectivity index (χ2v) is 6.28. The molecule has 1 aliphatic heterocycles. The van der Waals surface area contributed by atoms with Gasteiger partial charge in [-0.05, 0) is 12.1 Å². The topological polar surface area (TPSA) is 78.0 Å². The first-order valence-corrected chi connectivity index (χ1v) is 8.35. The number of alkyl halides is 3. The number of anilines is 2. The molecule has 7 nitrogen and oxygen atoms in total. The minimum Gasteiger partial charge on any atom is -0.368 e. The molecule has 0 N–H and O–H groups in total. The molecule has 0 aliphatic carbocycles. The van der Waals surface area contributed by atoms with E-state index in [-0.39, 0.29) is 5.02 Å². The SMILES string of the molecule is N#Cc1cc(N2CCN(c3cnn(CC(F)(F)F)c(=O)c3Cl)CC2)ccn1. The standard InChI is InChI=1S/C16H14ClF3N6O/c17-14-13(9-23-26(15(14)27)10-16(18,19)20)25-5-3-24(4-6-25)12-1-2-22-11(7-12)8-21/h1-2,7,9H,3-6,10H2. The molecule has 11 heteroatoms. The van der Waals surface area contributed by atoms with Gasteiger partial charge >= 0.3 is 6.18 Å². The number of aromatic nitrogens is 3. The summed E-state index contributed by atoms with van der Waals surface area (Å²) in [5.41, 5.74) is 0.510. The lowest BCUT2D eigenvalue weighted by Crippen LogP contribution is -2.47. The number of hydrogen-bond donors (Lipinski definition) is 0. The van der Waals surface area contributed by atoms with Crippen LogP contribution in [0.2, 0.25) is 5.02 Å². The van der Waals surface area contributed by atoms with E-state index in [4.69, 9.17) is 16.9 Å². The third-order valence-electron chi connectivity index (χ3n) is 4.14. The van der Waals surface area contributed by atoms with Crippen molar-refractivity contribution in [3.8, 4) is 6.07 Å². The Bertz CT molecular complexity index is 931. The summed E-state index contributed by atoms with van der Waals surface area (Å²) in [4.78, 5) is 19.8. The van der Waals surface area contributed by atoms with Crippen LogP contribution in [0.3, 0.4) is 0 Å². The quantitative estimate of drug-likeness (QED) is 0.787. The molecule has 3 rings (SSSR count). The van der Waals surface area contributed by atoms with Crippen LogP contribution < -0.4 is 15.4 Å². The van der Waals surface area contributed by atoms with Crippen LogP contribution in [0.25, 0.3) is 0 Å². The van der Waals surface area contributed by atoms with Gasteiger partial charge < -0.3 is 9.80 Å². The molecule has 2 aromatic heterocycles. The smallest absolute Gasteiger partial charge is 0.368 e. The Hall–Kier alpha value is -2.80. The average Bonchev–Trinajstić information content (AvgIpc) is 2.65. The Labute approximate surface area is 157 Å². The first-order valence-electron chi connectivity index (χ1n) is 7.97. The summed E-state index contributed by atoms with van der Waals surface area (Å²) in [5, 5.41) is 12.3. The van der Waals surface area contributed by atoms with Crippen LogP contribution >= 0.6 is 11.6 Å². The van der Waals surface area contributed by atoms with E-state index in [1.54, 1.807) is 23.2 Å². The molecule has 0 radical (unpaired) electrons. The molecule has 0 amide bonds. The Kier molecular flexibility index (Phi) is 5.23. The summed E-state index contributed by atoms with van der Waals surface area (Å²) in [6.45, 7) is 0.666. The Morgan fingerprint density at radius 1 is 1.22 bits per heavy atom. The molecule has 0 bridgehead atoms. The largest absolute Gasteiger partial charge is 0.408 e. The molecule has 3 heterocycles. The van der Waals surface area contributed by atoms with Crippen molar-refractivity contribution in [1.82, 2.24) is 14.8 Å². The van der Waals surface area contributed by atoms with Crippen molar-refractivity contribution in [2.75, 3.05) is 36.0 Å². The monoisotopic (exact) mass is 398 g/mol. The molecular weight excluding hydrogens is 385 g/mol. The molecule has 1 aliphatic rings. The zero-order chi connectivity index (χ0) is 19.6. The van der Waals surface area contributed by atoms with Crippen LogP contribution in [0, 0.1) is 11.3 Å². The molecule has 1 fully saturated rings. The molecule has 27 heavy (non-hydrogen) atoms. The molecule has 0 spiro atoms. The lowest BCUT2D eigenvalue weighted by Gasteiger charge is -2.37. The van der Waals surface area contributed by atoms with Crippen molar-refractivity contribution in [3.05, 3.63) is 45.6 Å². The number of nitrogens with zero attached hydrogens (tertiary/aromatic N) is 6. The zero-order valence-corrected chi connectivity index (χ0v) is 14.7. The van der Waals surface area contributed by atoms with Crippen molar-refractivity contribution in [1.29, 1.82) is 5.26 Å². The third-order valence-corrected chi connectivity index (χ3v) is 4.49. The Morgan fingerprint density at radius 2 is 1.89 bits per heavy atom. The van der Waals surface area contributed by atoms with Gasteiger partial charge in [-0.15, -0.1) is 0 Å². The predicted octanol–water partition coefficient (Wildman–Crippen LogP) is 2.05. The van der Waals surface area contributed by atoms with E-state index in [0.717, 1.165) is 5.69 Å². The first-order chi connectivity index (χ1) is 12.8. The molecule has 0 unspecified atom stereocenters. The molecule has 142 valence electrons. The van der Waals surface area contributed by atoms with Gasteiger partial charge in [0, 0.05) is 38.1 Å². The highest BCUT2D eigenvalue weighted by Gasteiger charge is 2.30. The molecule has 0 atom stereocenters. The van der Waals surface area contributed by atoms with Gasteiger partial charge in [-0.1, -0.05) is 11.6 Å². The van der Waals surface area contributed by atoms with E-state index in [1.165, 1.54) is 6.20 Å². The summed E-state index contributed by atoms with van der Waals surface area (Å²) in [5.74, 6) is 0. The van der Waals surface area contributed by atoms with Crippen LogP contribution in [0.4, 0.5) is 24.5 Å². The van der Waals surface area contributed by atoms with Crippen molar-refractivity contribution >= 4 is 23.0 Å². The van der Waals surface area contributed by atoms with Gasteiger partial charge in [0.2, 0.25) is 0 Å². The van der Waals surface area contributed by atoms with Gasteiger partial charge in [0.05, 0.1) is 11.9 Å². The zero-order valence-electron chi connectivity index (χ0n) is 13.9. The maximum Gasteiger partial charge on any atom is 0.408 e. The lowest BCUT2D eigenvalue weighted by atomic mass is 10.2. The second-order valence-electron chi connectivity index (χ2n) is 5.91. The van der Waals surface area contributed by atoms with Gasteiger partial charge in [0.15, 0.2) is 0 Å². The number of rotatable bonds is 3. The van der Waals surface area contributed by atoms with Gasteiger partial charge in [0.1, 0.15) is 23.3 Å². The van der Waals surface area contributed by atoms with Crippen LogP contribution in [0.1, 0.15) is 5.69 Å². The number of nitriles is 1. The van der Waals surface area contributed by atoms with Crippen LogP contribution in [0.15, 0.2) is 29.3 Å². The van der Waals surface area contributed by atoms with Crippen LogP contribution in [-0.2, 0) is 6.54 Å². The minimum atomic E-state index is -4.56. The normalized spacial score (nSPS) is 14.9. The average molecular weight is 399 g/mol. The second kappa shape index (κ2) is 7.44. The van der Waals surface area contributed by atoms with Gasteiger partial charge in [-0.25, -0.2) is 9.67 Å². The van der Waals surface area contributed by atoms with Crippen molar-refractivity contribution < 1.29 is 13.2 Å². The Morgan fingerprint density at radius 3 is 2.52 bits per heavy atom. The first kappa shape index (κ1) is 19.0. The van der Waals surface area contributed by atoms with E-state index >= 15 is 0 Å². The van der Waals surface area contributed by atoms with Crippen LogP contribution in [0.5, 0.6) is 0 Å². The fraction of sp³-hybridized carbons (Fsp3) is 0.375. The maximum atomic E-state index is 12.5. The molecule has 1 saturated heterocycles. The highest BCUT2D eigenvalue weighted by atomic mass is 35.5. The number of pyridine rings is 1. The molecular formula is C16H14ClF3N6O. The molecule has 0 aromatic carbocycles. The molecule has 0 saturated carbocycles.